The minimum absolute atomic E-state index is 0.0305. The molecule has 26 heavy (non-hydrogen) atoms. The van der Waals surface area contributed by atoms with Crippen molar-refractivity contribution < 1.29 is 19.3 Å². The number of benzene rings is 2. The van der Waals surface area contributed by atoms with E-state index in [2.05, 4.69) is 12.4 Å². The van der Waals surface area contributed by atoms with Crippen LogP contribution in [0.4, 0.5) is 5.69 Å². The molecular formula is C21H29N3O2+2. The van der Waals surface area contributed by atoms with Crippen molar-refractivity contribution in [3.05, 3.63) is 60.2 Å². The molecule has 1 heterocycles. The summed E-state index contributed by atoms with van der Waals surface area (Å²) in [6.45, 7) is 6.90. The van der Waals surface area contributed by atoms with Gasteiger partial charge >= 0.3 is 0 Å². The maximum absolute atomic E-state index is 12.5. The van der Waals surface area contributed by atoms with E-state index in [4.69, 9.17) is 4.74 Å². The molecule has 0 radical (unpaired) electrons. The van der Waals surface area contributed by atoms with Crippen LogP contribution in [-0.2, 0) is 11.4 Å². The molecule has 5 heteroatoms. The van der Waals surface area contributed by atoms with Crippen molar-refractivity contribution in [2.24, 2.45) is 0 Å². The van der Waals surface area contributed by atoms with E-state index < -0.39 is 0 Å². The number of nitrogens with one attached hydrogen (secondary N) is 3. The first-order valence-electron chi connectivity index (χ1n) is 9.35. The van der Waals surface area contributed by atoms with Gasteiger partial charge in [0.15, 0.2) is 6.04 Å². The molecule has 138 valence electrons. The summed E-state index contributed by atoms with van der Waals surface area (Å²) >= 11 is 0. The monoisotopic (exact) mass is 355 g/mol. The average Bonchev–Trinajstić information content (AvgIpc) is 2.68. The number of anilines is 1. The lowest BCUT2D eigenvalue weighted by Crippen LogP contribution is -3.29. The third-order valence-corrected chi connectivity index (χ3v) is 5.12. The number of carbonyl (C=O) groups is 1. The van der Waals surface area contributed by atoms with E-state index in [1.54, 1.807) is 4.90 Å². The topological polar surface area (TPSA) is 47.2 Å². The van der Waals surface area contributed by atoms with Gasteiger partial charge in [-0.05, 0) is 36.8 Å². The van der Waals surface area contributed by atoms with Crippen LogP contribution in [0.25, 0.3) is 0 Å². The highest BCUT2D eigenvalue weighted by molar-refractivity contribution is 5.93. The van der Waals surface area contributed by atoms with E-state index >= 15 is 0 Å². The first kappa shape index (κ1) is 18.4. The van der Waals surface area contributed by atoms with Gasteiger partial charge in [0.2, 0.25) is 0 Å². The number of hydrogen-bond donors (Lipinski definition) is 3. The second kappa shape index (κ2) is 8.83. The van der Waals surface area contributed by atoms with Gasteiger partial charge in [-0.15, -0.1) is 0 Å². The lowest BCUT2D eigenvalue weighted by atomic mass is 10.2. The molecule has 1 saturated heterocycles. The summed E-state index contributed by atoms with van der Waals surface area (Å²) in [4.78, 5) is 15.4. The van der Waals surface area contributed by atoms with Crippen LogP contribution < -0.4 is 19.9 Å². The van der Waals surface area contributed by atoms with Gasteiger partial charge in [-0.1, -0.05) is 30.3 Å². The Morgan fingerprint density at radius 3 is 2.35 bits per heavy atom. The van der Waals surface area contributed by atoms with Crippen molar-refractivity contribution >= 4 is 11.6 Å². The molecule has 2 aromatic carbocycles. The molecule has 1 atom stereocenters. The van der Waals surface area contributed by atoms with E-state index in [9.17, 15) is 4.79 Å². The minimum Gasteiger partial charge on any atom is -0.489 e. The molecule has 1 fully saturated rings. The summed E-state index contributed by atoms with van der Waals surface area (Å²) < 4.78 is 5.79. The molecule has 0 bridgehead atoms. The van der Waals surface area contributed by atoms with E-state index in [0.29, 0.717) is 6.61 Å². The standard InChI is InChI=1S/C21H27N3O2/c1-17(24-14-12-23(2)13-15-24)21(25)22-19-8-10-20(11-9-19)26-16-18-6-4-3-5-7-18/h3-11,17H,12-16H2,1-2H3,(H,22,25)/p+2/t17-/m0/s1. The predicted octanol–water partition coefficient (Wildman–Crippen LogP) is 0.00580. The smallest absolute Gasteiger partial charge is 0.282 e. The molecule has 3 rings (SSSR count). The molecule has 0 aliphatic carbocycles. The van der Waals surface area contributed by atoms with E-state index in [0.717, 1.165) is 43.2 Å². The predicted molar refractivity (Wildman–Crippen MR) is 103 cm³/mol. The van der Waals surface area contributed by atoms with Gasteiger partial charge in [-0.25, -0.2) is 0 Å². The van der Waals surface area contributed by atoms with Crippen LogP contribution in [0.5, 0.6) is 5.75 Å². The fourth-order valence-corrected chi connectivity index (χ4v) is 3.24. The van der Waals surface area contributed by atoms with E-state index in [1.807, 2.05) is 61.5 Å². The number of amides is 1. The molecule has 5 nitrogen and oxygen atoms in total. The molecule has 0 saturated carbocycles. The normalized spacial score (nSPS) is 21.0. The van der Waals surface area contributed by atoms with Crippen molar-refractivity contribution in [3.63, 3.8) is 0 Å². The van der Waals surface area contributed by atoms with Crippen molar-refractivity contribution in [1.82, 2.24) is 0 Å². The second-order valence-electron chi connectivity index (χ2n) is 7.12. The first-order valence-corrected chi connectivity index (χ1v) is 9.35. The van der Waals surface area contributed by atoms with Gasteiger partial charge < -0.3 is 19.9 Å². The maximum atomic E-state index is 12.5. The highest BCUT2D eigenvalue weighted by atomic mass is 16.5. The van der Waals surface area contributed by atoms with E-state index in [1.165, 1.54) is 4.90 Å². The van der Waals surface area contributed by atoms with Crippen LogP contribution in [0.2, 0.25) is 0 Å². The Hall–Kier alpha value is -2.37. The Balaban J connectivity index is 1.49. The lowest BCUT2D eigenvalue weighted by Gasteiger charge is -2.30. The fraction of sp³-hybridized carbons (Fsp3) is 0.381. The second-order valence-corrected chi connectivity index (χ2v) is 7.12. The Labute approximate surface area is 155 Å². The SMILES string of the molecule is C[C@@H](C(=O)Nc1ccc(OCc2ccccc2)cc1)[NH+]1CC[NH+](C)CC1. The number of piperazine rings is 1. The van der Waals surface area contributed by atoms with Crippen LogP contribution in [-0.4, -0.2) is 45.2 Å². The zero-order valence-corrected chi connectivity index (χ0v) is 15.6. The van der Waals surface area contributed by atoms with Gasteiger partial charge in [0.25, 0.3) is 5.91 Å². The summed E-state index contributed by atoms with van der Waals surface area (Å²) in [7, 11) is 2.21. The third-order valence-electron chi connectivity index (χ3n) is 5.12. The number of hydrogen-bond acceptors (Lipinski definition) is 2. The zero-order chi connectivity index (χ0) is 18.4. The van der Waals surface area contributed by atoms with Gasteiger partial charge in [0.1, 0.15) is 38.5 Å². The average molecular weight is 355 g/mol. The van der Waals surface area contributed by atoms with Crippen LogP contribution >= 0.6 is 0 Å². The van der Waals surface area contributed by atoms with Crippen molar-refractivity contribution in [2.45, 2.75) is 19.6 Å². The molecule has 1 aliphatic rings. The summed E-state index contributed by atoms with van der Waals surface area (Å²) in [6.07, 6.45) is 0. The molecule has 1 amide bonds. The fourth-order valence-electron chi connectivity index (χ4n) is 3.24. The number of rotatable bonds is 6. The molecule has 0 aromatic heterocycles. The van der Waals surface area contributed by atoms with Gasteiger partial charge in [-0.2, -0.15) is 0 Å². The summed E-state index contributed by atoms with van der Waals surface area (Å²) in [6, 6.07) is 17.6. The molecule has 0 unspecified atom stereocenters. The number of ether oxygens (including phenoxy) is 1. The largest absolute Gasteiger partial charge is 0.489 e. The summed E-state index contributed by atoms with van der Waals surface area (Å²) in [5, 5.41) is 3.03. The van der Waals surface area contributed by atoms with Crippen LogP contribution in [0, 0.1) is 0 Å². The number of carbonyl (C=O) groups excluding carboxylic acids is 1. The molecular weight excluding hydrogens is 326 g/mol. The van der Waals surface area contributed by atoms with Gasteiger partial charge in [0.05, 0.1) is 7.05 Å². The van der Waals surface area contributed by atoms with Crippen LogP contribution in [0.15, 0.2) is 54.6 Å². The maximum Gasteiger partial charge on any atom is 0.282 e. The Morgan fingerprint density at radius 1 is 1.04 bits per heavy atom. The Morgan fingerprint density at radius 2 is 1.69 bits per heavy atom. The highest BCUT2D eigenvalue weighted by Crippen LogP contribution is 2.17. The molecule has 2 aromatic rings. The van der Waals surface area contributed by atoms with Crippen LogP contribution in [0.3, 0.4) is 0 Å². The van der Waals surface area contributed by atoms with Gasteiger partial charge in [-0.3, -0.25) is 4.79 Å². The molecule has 0 spiro atoms. The van der Waals surface area contributed by atoms with Crippen molar-refractivity contribution in [1.29, 1.82) is 0 Å². The van der Waals surface area contributed by atoms with Crippen molar-refractivity contribution in [2.75, 3.05) is 38.5 Å². The third kappa shape index (κ3) is 5.07. The minimum atomic E-state index is -0.0305. The first-order chi connectivity index (χ1) is 12.6. The van der Waals surface area contributed by atoms with Gasteiger partial charge in [0, 0.05) is 5.69 Å². The van der Waals surface area contributed by atoms with E-state index in [-0.39, 0.29) is 11.9 Å². The quantitative estimate of drug-likeness (QED) is 0.684. The highest BCUT2D eigenvalue weighted by Gasteiger charge is 2.29. The van der Waals surface area contributed by atoms with Crippen LogP contribution in [0.1, 0.15) is 12.5 Å². The summed E-state index contributed by atoms with van der Waals surface area (Å²) in [5.74, 6) is 0.880. The summed E-state index contributed by atoms with van der Waals surface area (Å²) in [5.41, 5.74) is 1.95. The Bertz CT molecular complexity index is 695. The zero-order valence-electron chi connectivity index (χ0n) is 15.6. The lowest BCUT2D eigenvalue weighted by molar-refractivity contribution is -1.01. The number of likely N-dealkylation sites (N-methyl/N-ethyl adjacent to an activating group) is 1. The molecule has 3 N–H and O–H groups in total. The van der Waals surface area contributed by atoms with Crippen molar-refractivity contribution in [3.8, 4) is 5.75 Å². The Kier molecular flexibility index (Phi) is 6.26. The molecule has 1 aliphatic heterocycles. The number of quaternary nitrogens is 2.